The van der Waals surface area contributed by atoms with Gasteiger partial charge in [0.05, 0.1) is 12.7 Å². The van der Waals surface area contributed by atoms with Gasteiger partial charge in [-0.15, -0.1) is 10.2 Å². The molecule has 0 saturated heterocycles. The van der Waals surface area contributed by atoms with Gasteiger partial charge < -0.3 is 5.32 Å². The molecule has 0 spiro atoms. The maximum absolute atomic E-state index is 11.7. The van der Waals surface area contributed by atoms with E-state index in [1.54, 1.807) is 7.05 Å². The fourth-order valence-corrected chi connectivity index (χ4v) is 1.54. The Bertz CT molecular complexity index is 725. The van der Waals surface area contributed by atoms with Crippen molar-refractivity contribution in [2.45, 2.75) is 6.54 Å². The van der Waals surface area contributed by atoms with Crippen molar-refractivity contribution in [1.29, 1.82) is 0 Å². The molecule has 3 rings (SSSR count). The van der Waals surface area contributed by atoms with E-state index in [1.807, 2.05) is 0 Å². The summed E-state index contributed by atoms with van der Waals surface area (Å²) in [5.74, 6) is 0.809. The van der Waals surface area contributed by atoms with Gasteiger partial charge in [-0.25, -0.2) is 0 Å². The molecular weight excluding hydrogens is 238 g/mol. The molecule has 0 aromatic carbocycles. The predicted molar refractivity (Wildman–Crippen MR) is 60.6 cm³/mol. The Kier molecular flexibility index (Phi) is 2.25. The highest BCUT2D eigenvalue weighted by atomic mass is 16.1. The van der Waals surface area contributed by atoms with E-state index < -0.39 is 0 Å². The summed E-state index contributed by atoms with van der Waals surface area (Å²) in [5, 5.41) is 20.6. The number of anilines is 1. The summed E-state index contributed by atoms with van der Waals surface area (Å²) in [6, 6.07) is 0. The van der Waals surface area contributed by atoms with E-state index in [0.717, 1.165) is 0 Å². The topological polar surface area (TPSA) is 130 Å². The molecule has 0 aliphatic heterocycles. The second kappa shape index (κ2) is 3.91. The number of rotatable bonds is 3. The van der Waals surface area contributed by atoms with Crippen LogP contribution in [0.2, 0.25) is 0 Å². The molecule has 0 bridgehead atoms. The van der Waals surface area contributed by atoms with Crippen LogP contribution in [0.1, 0.15) is 5.82 Å². The number of aromatic nitrogens is 8. The third kappa shape index (κ3) is 1.69. The second-order valence-corrected chi connectivity index (χ2v) is 3.60. The standard InChI is InChI=1S/C8H9N9O/c1-17-6-4(2-10-17)7(18)12-8(11-6)9-3-5-13-15-16-14-5/h2H,3H2,1H3,(H2,9,11,12,18)(H,13,14,15,16). The van der Waals surface area contributed by atoms with Crippen LogP contribution in [0.5, 0.6) is 0 Å². The van der Waals surface area contributed by atoms with Gasteiger partial charge in [-0.2, -0.15) is 15.3 Å². The first-order valence-corrected chi connectivity index (χ1v) is 5.12. The number of hydrogen-bond donors (Lipinski definition) is 3. The van der Waals surface area contributed by atoms with Crippen molar-refractivity contribution in [3.63, 3.8) is 0 Å². The Morgan fingerprint density at radius 1 is 1.50 bits per heavy atom. The number of aryl methyl sites for hydroxylation is 1. The van der Waals surface area contributed by atoms with Crippen LogP contribution in [0.4, 0.5) is 5.95 Å². The first kappa shape index (κ1) is 10.4. The number of nitrogens with zero attached hydrogens (tertiary/aromatic N) is 6. The monoisotopic (exact) mass is 247 g/mol. The van der Waals surface area contributed by atoms with Crippen LogP contribution in [-0.2, 0) is 13.6 Å². The van der Waals surface area contributed by atoms with Gasteiger partial charge in [0.1, 0.15) is 5.39 Å². The number of aromatic amines is 2. The summed E-state index contributed by atoms with van der Waals surface area (Å²) in [6.45, 7) is 0.308. The Morgan fingerprint density at radius 2 is 2.39 bits per heavy atom. The molecule has 0 fully saturated rings. The van der Waals surface area contributed by atoms with Crippen molar-refractivity contribution in [2.75, 3.05) is 5.32 Å². The molecule has 10 heteroatoms. The molecule has 3 aromatic heterocycles. The summed E-state index contributed by atoms with van der Waals surface area (Å²) < 4.78 is 1.53. The van der Waals surface area contributed by atoms with Crippen LogP contribution in [0.25, 0.3) is 11.0 Å². The Balaban J connectivity index is 1.92. The molecule has 0 saturated carbocycles. The van der Waals surface area contributed by atoms with Crippen LogP contribution in [0, 0.1) is 0 Å². The largest absolute Gasteiger partial charge is 0.348 e. The molecule has 0 amide bonds. The molecule has 0 aliphatic carbocycles. The molecule has 0 atom stereocenters. The third-order valence-corrected chi connectivity index (χ3v) is 2.40. The van der Waals surface area contributed by atoms with Gasteiger partial charge in [-0.3, -0.25) is 14.5 Å². The number of fused-ring (bicyclic) bond motifs is 1. The molecule has 3 aromatic rings. The number of nitrogens with one attached hydrogen (secondary N) is 3. The Hall–Kier alpha value is -2.78. The zero-order valence-corrected chi connectivity index (χ0v) is 9.38. The van der Waals surface area contributed by atoms with E-state index in [0.29, 0.717) is 29.4 Å². The van der Waals surface area contributed by atoms with Gasteiger partial charge in [0.15, 0.2) is 11.5 Å². The molecule has 10 nitrogen and oxygen atoms in total. The van der Waals surface area contributed by atoms with Crippen LogP contribution < -0.4 is 10.9 Å². The third-order valence-electron chi connectivity index (χ3n) is 2.40. The molecule has 3 N–H and O–H groups in total. The van der Waals surface area contributed by atoms with Crippen molar-refractivity contribution in [3.8, 4) is 0 Å². The van der Waals surface area contributed by atoms with Crippen molar-refractivity contribution < 1.29 is 0 Å². The van der Waals surface area contributed by atoms with Gasteiger partial charge in [-0.1, -0.05) is 5.21 Å². The summed E-state index contributed by atoms with van der Waals surface area (Å²) in [7, 11) is 1.72. The summed E-state index contributed by atoms with van der Waals surface area (Å²) in [5.41, 5.74) is 0.262. The molecule has 92 valence electrons. The van der Waals surface area contributed by atoms with E-state index in [4.69, 9.17) is 0 Å². The molecular formula is C8H9N9O. The van der Waals surface area contributed by atoms with E-state index in [1.165, 1.54) is 10.9 Å². The first-order chi connectivity index (χ1) is 8.74. The predicted octanol–water partition coefficient (Wildman–Crippen LogP) is -1.22. The van der Waals surface area contributed by atoms with Crippen LogP contribution in [-0.4, -0.2) is 40.4 Å². The number of H-pyrrole nitrogens is 2. The zero-order valence-electron chi connectivity index (χ0n) is 9.38. The summed E-state index contributed by atoms with van der Waals surface area (Å²) in [4.78, 5) is 18.6. The average molecular weight is 247 g/mol. The van der Waals surface area contributed by atoms with Gasteiger partial charge in [-0.05, 0) is 0 Å². The molecule has 18 heavy (non-hydrogen) atoms. The minimum absolute atomic E-state index is 0.247. The second-order valence-electron chi connectivity index (χ2n) is 3.60. The number of hydrogen-bond acceptors (Lipinski definition) is 7. The number of tetrazole rings is 1. The van der Waals surface area contributed by atoms with E-state index >= 15 is 0 Å². The lowest BCUT2D eigenvalue weighted by Crippen LogP contribution is -2.13. The van der Waals surface area contributed by atoms with E-state index in [2.05, 4.69) is 41.0 Å². The van der Waals surface area contributed by atoms with Crippen molar-refractivity contribution >= 4 is 17.0 Å². The first-order valence-electron chi connectivity index (χ1n) is 5.12. The maximum atomic E-state index is 11.7. The lowest BCUT2D eigenvalue weighted by molar-refractivity contribution is 0.785. The Morgan fingerprint density at radius 3 is 3.17 bits per heavy atom. The highest BCUT2D eigenvalue weighted by Gasteiger charge is 2.08. The van der Waals surface area contributed by atoms with Gasteiger partial charge in [0, 0.05) is 7.05 Å². The molecule has 3 heterocycles. The van der Waals surface area contributed by atoms with Crippen LogP contribution in [0.15, 0.2) is 11.0 Å². The minimum Gasteiger partial charge on any atom is -0.348 e. The van der Waals surface area contributed by atoms with Gasteiger partial charge in [0.25, 0.3) is 5.56 Å². The van der Waals surface area contributed by atoms with E-state index in [9.17, 15) is 4.79 Å². The van der Waals surface area contributed by atoms with Crippen molar-refractivity contribution in [1.82, 2.24) is 40.4 Å². The van der Waals surface area contributed by atoms with Crippen LogP contribution in [0.3, 0.4) is 0 Å². The quantitative estimate of drug-likeness (QED) is 0.528. The lowest BCUT2D eigenvalue weighted by Gasteiger charge is -2.02. The van der Waals surface area contributed by atoms with Crippen molar-refractivity contribution in [2.24, 2.45) is 7.05 Å². The molecule has 0 aliphatic rings. The SMILES string of the molecule is Cn1ncc2c(=O)[nH]c(NCc3nn[nH]n3)nc21. The van der Waals surface area contributed by atoms with Crippen molar-refractivity contribution in [3.05, 3.63) is 22.4 Å². The summed E-state index contributed by atoms with van der Waals surface area (Å²) in [6.07, 6.45) is 1.48. The fourth-order valence-electron chi connectivity index (χ4n) is 1.54. The average Bonchev–Trinajstić information content (AvgIpc) is 2.98. The van der Waals surface area contributed by atoms with Gasteiger partial charge in [0.2, 0.25) is 5.95 Å². The fraction of sp³-hybridized carbons (Fsp3) is 0.250. The lowest BCUT2D eigenvalue weighted by atomic mass is 10.4. The molecule has 0 unspecified atom stereocenters. The van der Waals surface area contributed by atoms with Crippen LogP contribution >= 0.6 is 0 Å². The molecule has 0 radical (unpaired) electrons. The Labute approximate surface area is 99.4 Å². The minimum atomic E-state index is -0.247. The highest BCUT2D eigenvalue weighted by molar-refractivity contribution is 5.74. The highest BCUT2D eigenvalue weighted by Crippen LogP contribution is 2.06. The van der Waals surface area contributed by atoms with E-state index in [-0.39, 0.29) is 5.56 Å². The van der Waals surface area contributed by atoms with Gasteiger partial charge >= 0.3 is 0 Å². The zero-order chi connectivity index (χ0) is 12.5. The smallest absolute Gasteiger partial charge is 0.263 e. The normalized spacial score (nSPS) is 10.9. The maximum Gasteiger partial charge on any atom is 0.263 e. The summed E-state index contributed by atoms with van der Waals surface area (Å²) >= 11 is 0.